The van der Waals surface area contributed by atoms with E-state index in [1.165, 1.54) is 10.9 Å². The number of fused-ring (bicyclic) bond motifs is 1. The number of aryl methyl sites for hydroxylation is 1. The average molecular weight is 395 g/mol. The van der Waals surface area contributed by atoms with Gasteiger partial charge in [-0.3, -0.25) is 14.2 Å². The second-order valence-electron chi connectivity index (χ2n) is 6.00. The summed E-state index contributed by atoms with van der Waals surface area (Å²) in [5, 5.41) is 3.39. The molecule has 0 bridgehead atoms. The number of nitrogens with one attached hydrogen (secondary N) is 1. The van der Waals surface area contributed by atoms with Gasteiger partial charge in [-0.25, -0.2) is 4.98 Å². The minimum absolute atomic E-state index is 0.118. The van der Waals surface area contributed by atoms with E-state index in [1.807, 2.05) is 19.9 Å². The number of halogens is 1. The summed E-state index contributed by atoms with van der Waals surface area (Å²) in [5.41, 5.74) is 6.29. The van der Waals surface area contributed by atoms with Gasteiger partial charge in [-0.2, -0.15) is 0 Å². The number of hydrogen-bond donors (Lipinski definition) is 2. The highest BCUT2D eigenvalue weighted by atomic mass is 79.9. The van der Waals surface area contributed by atoms with Crippen LogP contribution in [0.25, 0.3) is 10.9 Å². The first kappa shape index (κ1) is 18.6. The summed E-state index contributed by atoms with van der Waals surface area (Å²) in [7, 11) is 0. The van der Waals surface area contributed by atoms with Gasteiger partial charge < -0.3 is 11.1 Å². The van der Waals surface area contributed by atoms with Crippen molar-refractivity contribution in [1.82, 2.24) is 14.9 Å². The van der Waals surface area contributed by atoms with Gasteiger partial charge in [0.2, 0.25) is 5.91 Å². The van der Waals surface area contributed by atoms with E-state index < -0.39 is 0 Å². The maximum atomic E-state index is 12.5. The molecular formula is C17H23BrN4O2. The monoisotopic (exact) mass is 394 g/mol. The molecule has 0 aliphatic heterocycles. The molecule has 2 aromatic rings. The van der Waals surface area contributed by atoms with E-state index in [1.54, 1.807) is 12.1 Å². The fourth-order valence-electron chi connectivity index (χ4n) is 2.38. The van der Waals surface area contributed by atoms with Gasteiger partial charge >= 0.3 is 0 Å². The van der Waals surface area contributed by atoms with Gasteiger partial charge in [0, 0.05) is 29.5 Å². The number of aromatic nitrogens is 2. The molecule has 0 aliphatic rings. The third kappa shape index (κ3) is 4.42. The lowest BCUT2D eigenvalue weighted by Crippen LogP contribution is -2.49. The molecule has 3 N–H and O–H groups in total. The maximum absolute atomic E-state index is 12.5. The molecule has 7 heteroatoms. The van der Waals surface area contributed by atoms with Crippen LogP contribution in [-0.2, 0) is 11.3 Å². The lowest BCUT2D eigenvalue weighted by atomic mass is 9.94. The molecule has 0 saturated carbocycles. The molecule has 0 saturated heterocycles. The second-order valence-corrected chi connectivity index (χ2v) is 6.92. The summed E-state index contributed by atoms with van der Waals surface area (Å²) < 4.78 is 2.28. The molecule has 1 heterocycles. The summed E-state index contributed by atoms with van der Waals surface area (Å²) in [6.45, 7) is 4.74. The van der Waals surface area contributed by atoms with Crippen LogP contribution in [0.4, 0.5) is 0 Å². The topological polar surface area (TPSA) is 90.0 Å². The van der Waals surface area contributed by atoms with Crippen molar-refractivity contribution in [2.75, 3.05) is 6.54 Å². The SMILES string of the molecule is CCC(N)(CC)CNC(=O)CCn1cnc2ccc(Br)cc2c1=O. The number of benzene rings is 1. The molecule has 1 aromatic heterocycles. The number of hydrogen-bond acceptors (Lipinski definition) is 4. The molecule has 6 nitrogen and oxygen atoms in total. The zero-order chi connectivity index (χ0) is 17.7. The van der Waals surface area contributed by atoms with Crippen molar-refractivity contribution >= 4 is 32.7 Å². The fourth-order valence-corrected chi connectivity index (χ4v) is 2.74. The van der Waals surface area contributed by atoms with Crippen LogP contribution < -0.4 is 16.6 Å². The molecule has 0 fully saturated rings. The van der Waals surface area contributed by atoms with Gasteiger partial charge in [0.1, 0.15) is 0 Å². The molecule has 24 heavy (non-hydrogen) atoms. The van der Waals surface area contributed by atoms with Crippen LogP contribution in [0.5, 0.6) is 0 Å². The van der Waals surface area contributed by atoms with E-state index in [0.29, 0.717) is 17.4 Å². The van der Waals surface area contributed by atoms with E-state index in [4.69, 9.17) is 5.73 Å². The second kappa shape index (κ2) is 7.90. The summed E-state index contributed by atoms with van der Waals surface area (Å²) >= 11 is 3.35. The summed E-state index contributed by atoms with van der Waals surface area (Å²) in [5.74, 6) is -0.118. The number of rotatable bonds is 7. The lowest BCUT2D eigenvalue weighted by molar-refractivity contribution is -0.121. The van der Waals surface area contributed by atoms with Crippen LogP contribution in [0, 0.1) is 0 Å². The standard InChI is InChI=1S/C17H23BrN4O2/c1-3-17(19,4-2)10-20-15(23)7-8-22-11-21-14-6-5-12(18)9-13(14)16(22)24/h5-6,9,11H,3-4,7-8,10,19H2,1-2H3,(H,20,23). The first-order valence-electron chi connectivity index (χ1n) is 8.09. The van der Waals surface area contributed by atoms with E-state index in [2.05, 4.69) is 26.2 Å². The van der Waals surface area contributed by atoms with Crippen molar-refractivity contribution in [3.8, 4) is 0 Å². The average Bonchev–Trinajstić information content (AvgIpc) is 2.59. The number of carbonyl (C=O) groups excluding carboxylic acids is 1. The van der Waals surface area contributed by atoms with Crippen molar-refractivity contribution in [3.63, 3.8) is 0 Å². The smallest absolute Gasteiger partial charge is 0.261 e. The van der Waals surface area contributed by atoms with Gasteiger partial charge in [0.15, 0.2) is 0 Å². The Morgan fingerprint density at radius 3 is 2.75 bits per heavy atom. The Morgan fingerprint density at radius 2 is 2.08 bits per heavy atom. The van der Waals surface area contributed by atoms with Crippen molar-refractivity contribution < 1.29 is 4.79 Å². The Morgan fingerprint density at radius 1 is 1.38 bits per heavy atom. The summed E-state index contributed by atoms with van der Waals surface area (Å²) in [6, 6.07) is 5.37. The van der Waals surface area contributed by atoms with Crippen LogP contribution in [0.3, 0.4) is 0 Å². The van der Waals surface area contributed by atoms with Crippen LogP contribution in [0.1, 0.15) is 33.1 Å². The Bertz CT molecular complexity index is 784. The fraction of sp³-hybridized carbons (Fsp3) is 0.471. The number of nitrogens with two attached hydrogens (primary N) is 1. The normalized spacial score (nSPS) is 11.7. The highest BCUT2D eigenvalue weighted by Gasteiger charge is 2.20. The highest BCUT2D eigenvalue weighted by molar-refractivity contribution is 9.10. The van der Waals surface area contributed by atoms with Crippen LogP contribution >= 0.6 is 15.9 Å². The maximum Gasteiger partial charge on any atom is 0.261 e. The first-order valence-corrected chi connectivity index (χ1v) is 8.88. The van der Waals surface area contributed by atoms with Gasteiger partial charge in [-0.15, -0.1) is 0 Å². The van der Waals surface area contributed by atoms with Crippen molar-refractivity contribution in [3.05, 3.63) is 39.4 Å². The van der Waals surface area contributed by atoms with Gasteiger partial charge in [0.25, 0.3) is 5.56 Å². The number of nitrogens with zero attached hydrogens (tertiary/aromatic N) is 2. The summed E-state index contributed by atoms with van der Waals surface area (Å²) in [6.07, 6.45) is 3.29. The van der Waals surface area contributed by atoms with Crippen molar-refractivity contribution in [1.29, 1.82) is 0 Å². The Hall–Kier alpha value is -1.73. The zero-order valence-electron chi connectivity index (χ0n) is 14.0. The Balaban J connectivity index is 2.02. The van der Waals surface area contributed by atoms with Crippen LogP contribution in [0.15, 0.2) is 33.8 Å². The highest BCUT2D eigenvalue weighted by Crippen LogP contribution is 2.15. The van der Waals surface area contributed by atoms with Gasteiger partial charge in [-0.1, -0.05) is 29.8 Å². The van der Waals surface area contributed by atoms with E-state index >= 15 is 0 Å². The first-order chi connectivity index (χ1) is 11.4. The molecule has 1 amide bonds. The molecule has 2 rings (SSSR count). The molecule has 0 radical (unpaired) electrons. The lowest BCUT2D eigenvalue weighted by Gasteiger charge is -2.26. The Kier molecular flexibility index (Phi) is 6.12. The van der Waals surface area contributed by atoms with E-state index in [9.17, 15) is 9.59 Å². The predicted octanol–water partition coefficient (Wildman–Crippen LogP) is 2.18. The zero-order valence-corrected chi connectivity index (χ0v) is 15.6. The van der Waals surface area contributed by atoms with Crippen LogP contribution in [0.2, 0.25) is 0 Å². The third-order valence-electron chi connectivity index (χ3n) is 4.41. The Labute approximate surface area is 149 Å². The third-order valence-corrected chi connectivity index (χ3v) is 4.90. The predicted molar refractivity (Wildman–Crippen MR) is 98.8 cm³/mol. The number of carbonyl (C=O) groups is 1. The minimum atomic E-state index is -0.372. The largest absolute Gasteiger partial charge is 0.354 e. The van der Waals surface area contributed by atoms with Gasteiger partial charge in [0.05, 0.1) is 17.2 Å². The summed E-state index contributed by atoms with van der Waals surface area (Å²) in [4.78, 5) is 28.7. The molecule has 130 valence electrons. The number of amides is 1. The molecule has 0 unspecified atom stereocenters. The van der Waals surface area contributed by atoms with Gasteiger partial charge in [-0.05, 0) is 31.0 Å². The molecule has 0 aliphatic carbocycles. The molecular weight excluding hydrogens is 372 g/mol. The molecule has 1 aromatic carbocycles. The molecule has 0 atom stereocenters. The van der Waals surface area contributed by atoms with Crippen molar-refractivity contribution in [2.24, 2.45) is 5.73 Å². The van der Waals surface area contributed by atoms with Crippen molar-refractivity contribution in [2.45, 2.75) is 45.2 Å². The van der Waals surface area contributed by atoms with E-state index in [-0.39, 0.29) is 30.0 Å². The van der Waals surface area contributed by atoms with Crippen LogP contribution in [-0.4, -0.2) is 27.5 Å². The quantitative estimate of drug-likeness (QED) is 0.752. The van der Waals surface area contributed by atoms with E-state index in [0.717, 1.165) is 17.3 Å². The minimum Gasteiger partial charge on any atom is -0.354 e. The molecule has 0 spiro atoms.